The van der Waals surface area contributed by atoms with Crippen LogP contribution in [0, 0.1) is 0 Å². The molecule has 0 bridgehead atoms. The fraction of sp³-hybridized carbons (Fsp3) is 0.143. The van der Waals surface area contributed by atoms with Crippen LogP contribution in [0.25, 0.3) is 0 Å². The SMILES string of the molecule is CCOC(=O)c1c(NNC(=O)c2ccccc2)nn(C(N)=O)c1N. The lowest BCUT2D eigenvalue weighted by Crippen LogP contribution is -2.30. The Hall–Kier alpha value is -3.56. The zero-order chi connectivity index (χ0) is 17.7. The van der Waals surface area contributed by atoms with Crippen LogP contribution in [0.1, 0.15) is 27.6 Å². The third-order valence-electron chi connectivity index (χ3n) is 2.94. The van der Waals surface area contributed by atoms with Gasteiger partial charge in [-0.3, -0.25) is 15.6 Å². The first-order chi connectivity index (χ1) is 11.5. The van der Waals surface area contributed by atoms with Gasteiger partial charge in [0.15, 0.2) is 5.82 Å². The van der Waals surface area contributed by atoms with Crippen molar-refractivity contribution in [1.82, 2.24) is 15.2 Å². The van der Waals surface area contributed by atoms with Crippen molar-refractivity contribution in [3.8, 4) is 0 Å². The summed E-state index contributed by atoms with van der Waals surface area (Å²) >= 11 is 0. The van der Waals surface area contributed by atoms with E-state index in [-0.39, 0.29) is 23.8 Å². The number of benzene rings is 1. The van der Waals surface area contributed by atoms with Crippen LogP contribution in [0.5, 0.6) is 0 Å². The third kappa shape index (κ3) is 3.43. The van der Waals surface area contributed by atoms with Crippen LogP contribution in [0.15, 0.2) is 30.3 Å². The fourth-order valence-corrected chi connectivity index (χ4v) is 1.87. The van der Waals surface area contributed by atoms with Crippen molar-refractivity contribution < 1.29 is 19.1 Å². The molecule has 0 unspecified atom stereocenters. The van der Waals surface area contributed by atoms with Gasteiger partial charge >= 0.3 is 12.0 Å². The second kappa shape index (κ2) is 7.13. The molecule has 0 atom stereocenters. The highest BCUT2D eigenvalue weighted by Gasteiger charge is 2.25. The minimum absolute atomic E-state index is 0.0931. The Labute approximate surface area is 136 Å². The molecule has 0 aliphatic rings. The van der Waals surface area contributed by atoms with Gasteiger partial charge in [-0.1, -0.05) is 18.2 Å². The van der Waals surface area contributed by atoms with Gasteiger partial charge < -0.3 is 16.2 Å². The van der Waals surface area contributed by atoms with Crippen LogP contribution in [0.2, 0.25) is 0 Å². The van der Waals surface area contributed by atoms with Gasteiger partial charge in [0.25, 0.3) is 5.91 Å². The zero-order valence-electron chi connectivity index (χ0n) is 12.8. The topological polar surface area (TPSA) is 154 Å². The molecule has 10 heteroatoms. The molecule has 0 saturated carbocycles. The summed E-state index contributed by atoms with van der Waals surface area (Å²) in [5.41, 5.74) is 15.8. The maximum atomic E-state index is 12.0. The molecule has 0 spiro atoms. The molecular weight excluding hydrogens is 316 g/mol. The largest absolute Gasteiger partial charge is 0.462 e. The van der Waals surface area contributed by atoms with Gasteiger partial charge in [-0.15, -0.1) is 5.10 Å². The van der Waals surface area contributed by atoms with E-state index in [4.69, 9.17) is 16.2 Å². The molecule has 2 rings (SSSR count). The Morgan fingerprint density at radius 3 is 2.50 bits per heavy atom. The second-order valence-electron chi connectivity index (χ2n) is 4.52. The Morgan fingerprint density at radius 2 is 1.92 bits per heavy atom. The number of anilines is 2. The molecule has 0 radical (unpaired) electrons. The second-order valence-corrected chi connectivity index (χ2v) is 4.52. The Balaban J connectivity index is 2.25. The fourth-order valence-electron chi connectivity index (χ4n) is 1.87. The first kappa shape index (κ1) is 16.8. The summed E-state index contributed by atoms with van der Waals surface area (Å²) in [7, 11) is 0. The third-order valence-corrected chi connectivity index (χ3v) is 2.94. The van der Waals surface area contributed by atoms with Gasteiger partial charge in [-0.2, -0.15) is 4.68 Å². The molecule has 0 fully saturated rings. The molecule has 0 saturated heterocycles. The smallest absolute Gasteiger partial charge is 0.345 e. The number of hydrogen-bond acceptors (Lipinski definition) is 7. The van der Waals surface area contributed by atoms with E-state index in [0.717, 1.165) is 0 Å². The van der Waals surface area contributed by atoms with Crippen LogP contribution in [0.3, 0.4) is 0 Å². The monoisotopic (exact) mass is 332 g/mol. The van der Waals surface area contributed by atoms with Crippen LogP contribution in [-0.2, 0) is 4.74 Å². The Kier molecular flexibility index (Phi) is 5.00. The number of ether oxygens (including phenoxy) is 1. The standard InChI is InChI=1S/C14H16N6O4/c1-2-24-13(22)9-10(15)20(14(16)23)19-11(9)17-18-12(21)8-6-4-3-5-7-8/h3-7H,2,15H2,1H3,(H2,16,23)(H,17,19)(H,18,21). The summed E-state index contributed by atoms with van der Waals surface area (Å²) in [6.07, 6.45) is 0. The van der Waals surface area contributed by atoms with Gasteiger partial charge in [0.05, 0.1) is 6.61 Å². The van der Waals surface area contributed by atoms with Crippen LogP contribution < -0.4 is 22.3 Å². The van der Waals surface area contributed by atoms with E-state index in [2.05, 4.69) is 16.0 Å². The number of aromatic nitrogens is 2. The number of rotatable bonds is 5. The Morgan fingerprint density at radius 1 is 1.25 bits per heavy atom. The summed E-state index contributed by atoms with van der Waals surface area (Å²) in [5, 5.41) is 3.77. The lowest BCUT2D eigenvalue weighted by Gasteiger charge is -2.08. The van der Waals surface area contributed by atoms with Crippen LogP contribution >= 0.6 is 0 Å². The van der Waals surface area contributed by atoms with E-state index in [0.29, 0.717) is 10.2 Å². The first-order valence-corrected chi connectivity index (χ1v) is 6.92. The quantitative estimate of drug-likeness (QED) is 0.454. The maximum absolute atomic E-state index is 12.0. The molecule has 1 aromatic carbocycles. The lowest BCUT2D eigenvalue weighted by molar-refractivity contribution is 0.0528. The first-order valence-electron chi connectivity index (χ1n) is 6.92. The van der Waals surface area contributed by atoms with E-state index < -0.39 is 17.9 Å². The average Bonchev–Trinajstić information content (AvgIpc) is 2.90. The van der Waals surface area contributed by atoms with Crippen molar-refractivity contribution in [1.29, 1.82) is 0 Å². The van der Waals surface area contributed by atoms with Gasteiger partial charge in [-0.25, -0.2) is 9.59 Å². The molecule has 2 amide bonds. The number of hydrogen-bond donors (Lipinski definition) is 4. The van der Waals surface area contributed by atoms with E-state index in [1.54, 1.807) is 37.3 Å². The maximum Gasteiger partial charge on any atom is 0.345 e. The summed E-state index contributed by atoms with van der Waals surface area (Å²) in [5.74, 6) is -1.73. The number of hydrazine groups is 1. The number of amides is 2. The van der Waals surface area contributed by atoms with Gasteiger partial charge in [0, 0.05) is 5.56 Å². The molecular formula is C14H16N6O4. The normalized spacial score (nSPS) is 10.0. The summed E-state index contributed by atoms with van der Waals surface area (Å²) < 4.78 is 5.49. The molecule has 10 nitrogen and oxygen atoms in total. The zero-order valence-corrected chi connectivity index (χ0v) is 12.8. The number of carbonyl (C=O) groups excluding carboxylic acids is 3. The highest BCUT2D eigenvalue weighted by molar-refractivity contribution is 6.02. The number of nitrogens with one attached hydrogen (secondary N) is 2. The predicted molar refractivity (Wildman–Crippen MR) is 85.1 cm³/mol. The molecule has 1 heterocycles. The van der Waals surface area contributed by atoms with E-state index in [9.17, 15) is 14.4 Å². The summed E-state index contributed by atoms with van der Waals surface area (Å²) in [4.78, 5) is 35.3. The Bertz CT molecular complexity index is 771. The van der Waals surface area contributed by atoms with E-state index in [1.807, 2.05) is 0 Å². The van der Waals surface area contributed by atoms with E-state index >= 15 is 0 Å². The minimum atomic E-state index is -0.986. The number of primary amides is 1. The summed E-state index contributed by atoms with van der Waals surface area (Å²) in [6, 6.07) is 7.36. The molecule has 6 N–H and O–H groups in total. The number of nitrogen functional groups attached to an aromatic ring is 1. The van der Waals surface area contributed by atoms with E-state index in [1.165, 1.54) is 0 Å². The van der Waals surface area contributed by atoms with Crippen molar-refractivity contribution in [3.63, 3.8) is 0 Å². The van der Waals surface area contributed by atoms with Gasteiger partial charge in [0.2, 0.25) is 0 Å². The predicted octanol–water partition coefficient (Wildman–Crippen LogP) is 0.326. The van der Waals surface area contributed by atoms with Gasteiger partial charge in [-0.05, 0) is 19.1 Å². The molecule has 0 aliphatic heterocycles. The summed E-state index contributed by atoms with van der Waals surface area (Å²) in [6.45, 7) is 1.70. The van der Waals surface area contributed by atoms with Crippen molar-refractivity contribution in [2.45, 2.75) is 6.92 Å². The molecule has 1 aromatic heterocycles. The van der Waals surface area contributed by atoms with Crippen molar-refractivity contribution in [2.75, 3.05) is 17.8 Å². The number of esters is 1. The minimum Gasteiger partial charge on any atom is -0.462 e. The highest BCUT2D eigenvalue weighted by Crippen LogP contribution is 2.22. The lowest BCUT2D eigenvalue weighted by atomic mass is 10.2. The van der Waals surface area contributed by atoms with Crippen molar-refractivity contribution >= 4 is 29.5 Å². The molecule has 0 aliphatic carbocycles. The molecule has 2 aromatic rings. The van der Waals surface area contributed by atoms with Gasteiger partial charge in [0.1, 0.15) is 11.4 Å². The molecule has 126 valence electrons. The molecule has 24 heavy (non-hydrogen) atoms. The highest BCUT2D eigenvalue weighted by atomic mass is 16.5. The number of nitrogens with two attached hydrogens (primary N) is 2. The van der Waals surface area contributed by atoms with Crippen LogP contribution in [-0.4, -0.2) is 34.3 Å². The van der Waals surface area contributed by atoms with Crippen molar-refractivity contribution in [2.24, 2.45) is 5.73 Å². The van der Waals surface area contributed by atoms with Crippen molar-refractivity contribution in [3.05, 3.63) is 41.5 Å². The van der Waals surface area contributed by atoms with Crippen LogP contribution in [0.4, 0.5) is 16.4 Å². The number of carbonyl (C=O) groups is 3. The number of nitrogens with zero attached hydrogens (tertiary/aromatic N) is 2. The average molecular weight is 332 g/mol.